The van der Waals surface area contributed by atoms with Crippen LogP contribution in [0, 0.1) is 5.92 Å². The number of aromatic carboxylic acids is 1. The topological polar surface area (TPSA) is 102 Å². The number of amides is 1. The predicted molar refractivity (Wildman–Crippen MR) is 84.3 cm³/mol. The van der Waals surface area contributed by atoms with Crippen molar-refractivity contribution >= 4 is 17.8 Å². The fraction of sp³-hybridized carbons (Fsp3) is 0.278. The van der Waals surface area contributed by atoms with E-state index in [-0.39, 0.29) is 23.4 Å². The highest BCUT2D eigenvalue weighted by atomic mass is 16.7. The molecule has 25 heavy (non-hydrogen) atoms. The van der Waals surface area contributed by atoms with Crippen LogP contribution >= 0.6 is 0 Å². The molecule has 1 aliphatic carbocycles. The number of nitrogens with one attached hydrogen (secondary N) is 1. The lowest BCUT2D eigenvalue weighted by molar-refractivity contribution is -0.152. The van der Waals surface area contributed by atoms with Gasteiger partial charge in [-0.25, -0.2) is 9.59 Å². The molecule has 0 unspecified atom stereocenters. The van der Waals surface area contributed by atoms with Crippen molar-refractivity contribution in [3.8, 4) is 0 Å². The molecule has 128 valence electrons. The summed E-state index contributed by atoms with van der Waals surface area (Å²) >= 11 is 0. The minimum absolute atomic E-state index is 0.131. The Morgan fingerprint density at radius 2 is 2.20 bits per heavy atom. The van der Waals surface area contributed by atoms with E-state index in [0.29, 0.717) is 17.6 Å². The Bertz CT molecular complexity index is 868. The Morgan fingerprint density at radius 3 is 2.88 bits per heavy atom. The molecule has 0 aromatic heterocycles. The molecule has 4 rings (SSSR count). The van der Waals surface area contributed by atoms with Crippen molar-refractivity contribution in [2.75, 3.05) is 0 Å². The zero-order chi connectivity index (χ0) is 17.7. The molecule has 7 nitrogen and oxygen atoms in total. The van der Waals surface area contributed by atoms with E-state index in [9.17, 15) is 14.4 Å². The minimum Gasteiger partial charge on any atom is -0.478 e. The summed E-state index contributed by atoms with van der Waals surface area (Å²) in [5.74, 6) is -1.83. The van der Waals surface area contributed by atoms with E-state index in [4.69, 9.17) is 14.6 Å². The summed E-state index contributed by atoms with van der Waals surface area (Å²) in [6.45, 7) is 1.63. The molecule has 1 saturated heterocycles. The van der Waals surface area contributed by atoms with Gasteiger partial charge in [0.1, 0.15) is 0 Å². The summed E-state index contributed by atoms with van der Waals surface area (Å²) < 4.78 is 10.4. The molecule has 3 aliphatic rings. The molecule has 2 heterocycles. The van der Waals surface area contributed by atoms with Gasteiger partial charge in [0, 0.05) is 17.6 Å². The molecular formula is C18H15NO6. The molecule has 7 heteroatoms. The van der Waals surface area contributed by atoms with Crippen LogP contribution in [0.25, 0.3) is 0 Å². The maximum absolute atomic E-state index is 12.3. The normalized spacial score (nSPS) is 28.3. The molecule has 0 bridgehead atoms. The average Bonchev–Trinajstić information content (AvgIpc) is 3.17. The van der Waals surface area contributed by atoms with Crippen molar-refractivity contribution < 1.29 is 29.0 Å². The first kappa shape index (κ1) is 15.4. The Kier molecular flexibility index (Phi) is 3.38. The molecular weight excluding hydrogens is 326 g/mol. The molecule has 1 aromatic rings. The highest BCUT2D eigenvalue weighted by molar-refractivity contribution is 5.97. The molecule has 0 spiro atoms. The van der Waals surface area contributed by atoms with Gasteiger partial charge >= 0.3 is 11.9 Å². The molecule has 0 saturated carbocycles. The summed E-state index contributed by atoms with van der Waals surface area (Å²) in [5.41, 5.74) is 2.96. The average molecular weight is 341 g/mol. The second-order valence-electron chi connectivity index (χ2n) is 6.31. The van der Waals surface area contributed by atoms with Crippen molar-refractivity contribution in [3.05, 3.63) is 58.4 Å². The Labute approximate surface area is 142 Å². The number of carbonyl (C=O) groups is 3. The summed E-state index contributed by atoms with van der Waals surface area (Å²) in [6.07, 6.45) is 2.69. The maximum Gasteiger partial charge on any atom is 0.336 e. The number of carboxylic acids is 1. The number of hydrogen-bond donors (Lipinski definition) is 2. The molecule has 1 aromatic carbocycles. The van der Waals surface area contributed by atoms with E-state index in [0.717, 1.165) is 11.1 Å². The lowest BCUT2D eigenvalue weighted by Gasteiger charge is -2.11. The largest absolute Gasteiger partial charge is 0.478 e. The van der Waals surface area contributed by atoms with Crippen LogP contribution in [0.2, 0.25) is 0 Å². The first-order valence-corrected chi connectivity index (χ1v) is 7.86. The van der Waals surface area contributed by atoms with Crippen LogP contribution in [0.3, 0.4) is 0 Å². The first-order chi connectivity index (χ1) is 11.9. The highest BCUT2D eigenvalue weighted by Crippen LogP contribution is 2.44. The Morgan fingerprint density at radius 1 is 1.40 bits per heavy atom. The SMILES string of the molecule is CC1=C[C@H](OC=C2C(=O)N[C@H]3c4cc(C(=O)O)ccc4C[C@H]23)OC1=O. The lowest BCUT2D eigenvalue weighted by atomic mass is 9.97. The minimum atomic E-state index is -1.00. The highest BCUT2D eigenvalue weighted by Gasteiger charge is 2.44. The van der Waals surface area contributed by atoms with Crippen LogP contribution in [0.1, 0.15) is 34.5 Å². The second-order valence-corrected chi connectivity index (χ2v) is 6.31. The first-order valence-electron chi connectivity index (χ1n) is 7.86. The van der Waals surface area contributed by atoms with Crippen LogP contribution in [-0.4, -0.2) is 29.2 Å². The van der Waals surface area contributed by atoms with Crippen molar-refractivity contribution in [3.63, 3.8) is 0 Å². The van der Waals surface area contributed by atoms with Crippen LogP contribution in [0.4, 0.5) is 0 Å². The number of carbonyl (C=O) groups excluding carboxylic acids is 2. The molecule has 2 aliphatic heterocycles. The quantitative estimate of drug-likeness (QED) is 0.490. The van der Waals surface area contributed by atoms with E-state index in [1.165, 1.54) is 6.26 Å². The standard InChI is InChI=1S/C18H15NO6/c1-8-4-14(25-18(8)23)24-7-13-12-5-9-2-3-10(17(21)22)6-11(9)15(12)19-16(13)20/h2-4,6-7,12,14-15H,5H2,1H3,(H,19,20)(H,21,22)/t12-,14-,15+/m1/s1. The van der Waals surface area contributed by atoms with Gasteiger partial charge in [-0.15, -0.1) is 0 Å². The van der Waals surface area contributed by atoms with Crippen molar-refractivity contribution in [1.82, 2.24) is 5.32 Å². The summed E-state index contributed by atoms with van der Waals surface area (Å²) in [6, 6.07) is 4.69. The van der Waals surface area contributed by atoms with Gasteiger partial charge in [0.15, 0.2) is 0 Å². The number of fused-ring (bicyclic) bond motifs is 3. The van der Waals surface area contributed by atoms with E-state index < -0.39 is 18.2 Å². The zero-order valence-electron chi connectivity index (χ0n) is 13.3. The molecule has 1 fully saturated rings. The smallest absolute Gasteiger partial charge is 0.336 e. The van der Waals surface area contributed by atoms with Gasteiger partial charge in [0.2, 0.25) is 0 Å². The molecule has 2 N–H and O–H groups in total. The fourth-order valence-corrected chi connectivity index (χ4v) is 3.49. The van der Waals surface area contributed by atoms with Crippen LogP contribution in [0.5, 0.6) is 0 Å². The van der Waals surface area contributed by atoms with Crippen LogP contribution in [0.15, 0.2) is 41.7 Å². The van der Waals surface area contributed by atoms with Crippen LogP contribution in [-0.2, 0) is 25.5 Å². The van der Waals surface area contributed by atoms with E-state index in [2.05, 4.69) is 5.32 Å². The van der Waals surface area contributed by atoms with Gasteiger partial charge in [-0.3, -0.25) is 4.79 Å². The van der Waals surface area contributed by atoms with Crippen LogP contribution < -0.4 is 5.32 Å². The summed E-state index contributed by atoms with van der Waals surface area (Å²) in [4.78, 5) is 34.8. The summed E-state index contributed by atoms with van der Waals surface area (Å²) in [5, 5.41) is 12.0. The van der Waals surface area contributed by atoms with Gasteiger partial charge in [0.05, 0.1) is 23.4 Å². The third-order valence-corrected chi connectivity index (χ3v) is 4.78. The monoisotopic (exact) mass is 341 g/mol. The number of benzene rings is 1. The van der Waals surface area contributed by atoms with Crippen molar-refractivity contribution in [2.45, 2.75) is 25.7 Å². The lowest BCUT2D eigenvalue weighted by Crippen LogP contribution is -2.19. The van der Waals surface area contributed by atoms with Gasteiger partial charge in [-0.05, 0) is 36.6 Å². The Hall–Kier alpha value is -3.09. The number of ether oxygens (including phenoxy) is 2. The number of rotatable bonds is 3. The van der Waals surface area contributed by atoms with Gasteiger partial charge in [-0.1, -0.05) is 6.07 Å². The van der Waals surface area contributed by atoms with Gasteiger partial charge in [-0.2, -0.15) is 0 Å². The number of carboxylic acid groups (broad SMARTS) is 1. The number of hydrogen-bond acceptors (Lipinski definition) is 5. The zero-order valence-corrected chi connectivity index (χ0v) is 13.3. The van der Waals surface area contributed by atoms with Gasteiger partial charge < -0.3 is 19.9 Å². The predicted octanol–water partition coefficient (Wildman–Crippen LogP) is 1.46. The molecule has 1 amide bonds. The van der Waals surface area contributed by atoms with E-state index >= 15 is 0 Å². The third kappa shape index (κ3) is 2.48. The van der Waals surface area contributed by atoms with Crippen molar-refractivity contribution in [1.29, 1.82) is 0 Å². The number of cyclic esters (lactones) is 1. The third-order valence-electron chi connectivity index (χ3n) is 4.78. The fourth-order valence-electron chi connectivity index (χ4n) is 3.49. The maximum atomic E-state index is 12.3. The number of esters is 1. The Balaban J connectivity index is 1.57. The second kappa shape index (κ2) is 5.47. The molecule has 0 radical (unpaired) electrons. The van der Waals surface area contributed by atoms with E-state index in [1.807, 2.05) is 0 Å². The van der Waals surface area contributed by atoms with Gasteiger partial charge in [0.25, 0.3) is 12.2 Å². The van der Waals surface area contributed by atoms with E-state index in [1.54, 1.807) is 31.2 Å². The summed E-state index contributed by atoms with van der Waals surface area (Å²) in [7, 11) is 0. The van der Waals surface area contributed by atoms with Crippen molar-refractivity contribution in [2.24, 2.45) is 5.92 Å². The molecule has 3 atom stereocenters.